The zero-order valence-corrected chi connectivity index (χ0v) is 8.70. The lowest BCUT2D eigenvalue weighted by molar-refractivity contribution is 0.496. The number of hydrogen-bond acceptors (Lipinski definition) is 3. The van der Waals surface area contributed by atoms with E-state index in [1.165, 1.54) is 10.9 Å². The van der Waals surface area contributed by atoms with Crippen molar-refractivity contribution >= 4 is 0 Å². The van der Waals surface area contributed by atoms with Gasteiger partial charge in [0, 0.05) is 18.2 Å². The molecular formula is C10H9F3N4. The Kier molecular flexibility index (Phi) is 3.10. The molecule has 1 heterocycles. The quantitative estimate of drug-likeness (QED) is 0.826. The van der Waals surface area contributed by atoms with Crippen LogP contribution < -0.4 is 5.73 Å². The third-order valence-corrected chi connectivity index (χ3v) is 2.18. The third-order valence-electron chi connectivity index (χ3n) is 2.18. The van der Waals surface area contributed by atoms with Crippen LogP contribution in [0.1, 0.15) is 0 Å². The van der Waals surface area contributed by atoms with E-state index in [4.69, 9.17) is 5.73 Å². The zero-order chi connectivity index (χ0) is 12.4. The summed E-state index contributed by atoms with van der Waals surface area (Å²) in [6, 6.07) is 1.23. The van der Waals surface area contributed by atoms with Gasteiger partial charge in [0.2, 0.25) is 0 Å². The zero-order valence-electron chi connectivity index (χ0n) is 8.70. The third kappa shape index (κ3) is 2.28. The Morgan fingerprint density at radius 3 is 2.53 bits per heavy atom. The second-order valence-electron chi connectivity index (χ2n) is 3.40. The largest absolute Gasteiger partial charge is 0.329 e. The molecular weight excluding hydrogens is 233 g/mol. The van der Waals surface area contributed by atoms with E-state index >= 15 is 0 Å². The number of halogens is 3. The highest BCUT2D eigenvalue weighted by molar-refractivity contribution is 5.58. The molecule has 0 aliphatic carbocycles. The van der Waals surface area contributed by atoms with Crippen molar-refractivity contribution in [2.75, 3.05) is 6.54 Å². The van der Waals surface area contributed by atoms with Gasteiger partial charge in [0.1, 0.15) is 11.5 Å². The number of nitrogens with two attached hydrogens (primary N) is 1. The second kappa shape index (κ2) is 4.54. The van der Waals surface area contributed by atoms with E-state index < -0.39 is 17.5 Å². The van der Waals surface area contributed by atoms with Crippen molar-refractivity contribution in [3.05, 3.63) is 35.8 Å². The SMILES string of the molecule is NCCn1cc(-c2cc(F)c(F)cc2F)nn1. The van der Waals surface area contributed by atoms with Gasteiger partial charge in [-0.05, 0) is 6.07 Å². The van der Waals surface area contributed by atoms with Crippen molar-refractivity contribution in [2.45, 2.75) is 6.54 Å². The van der Waals surface area contributed by atoms with Crippen LogP contribution in [0.25, 0.3) is 11.3 Å². The van der Waals surface area contributed by atoms with Gasteiger partial charge in [-0.25, -0.2) is 13.2 Å². The van der Waals surface area contributed by atoms with Crippen LogP contribution in [0.15, 0.2) is 18.3 Å². The first-order valence-corrected chi connectivity index (χ1v) is 4.87. The van der Waals surface area contributed by atoms with Gasteiger partial charge in [-0.3, -0.25) is 4.68 Å². The lowest BCUT2D eigenvalue weighted by Gasteiger charge is -2.00. The van der Waals surface area contributed by atoms with Crippen LogP contribution in [-0.4, -0.2) is 21.5 Å². The molecule has 0 saturated carbocycles. The van der Waals surface area contributed by atoms with Crippen LogP contribution in [0, 0.1) is 17.5 Å². The van der Waals surface area contributed by atoms with Gasteiger partial charge in [-0.15, -0.1) is 5.10 Å². The molecule has 1 aromatic carbocycles. The summed E-state index contributed by atoms with van der Waals surface area (Å²) in [5.74, 6) is -3.25. The molecule has 90 valence electrons. The minimum atomic E-state index is -1.24. The van der Waals surface area contributed by atoms with Crippen molar-refractivity contribution in [1.29, 1.82) is 0 Å². The van der Waals surface area contributed by atoms with E-state index in [0.29, 0.717) is 19.2 Å². The average Bonchev–Trinajstić information content (AvgIpc) is 2.72. The molecule has 7 heteroatoms. The predicted octanol–water partition coefficient (Wildman–Crippen LogP) is 1.32. The summed E-state index contributed by atoms with van der Waals surface area (Å²) in [6.07, 6.45) is 1.42. The van der Waals surface area contributed by atoms with Crippen molar-refractivity contribution < 1.29 is 13.2 Å². The molecule has 0 radical (unpaired) electrons. The molecule has 0 fully saturated rings. The van der Waals surface area contributed by atoms with Crippen LogP contribution >= 0.6 is 0 Å². The highest BCUT2D eigenvalue weighted by Gasteiger charge is 2.14. The molecule has 0 unspecified atom stereocenters. The highest BCUT2D eigenvalue weighted by Crippen LogP contribution is 2.22. The van der Waals surface area contributed by atoms with Gasteiger partial charge in [-0.2, -0.15) is 0 Å². The maximum atomic E-state index is 13.4. The summed E-state index contributed by atoms with van der Waals surface area (Å²) in [6.45, 7) is 0.765. The lowest BCUT2D eigenvalue weighted by Crippen LogP contribution is -2.10. The Labute approximate surface area is 94.9 Å². The molecule has 0 aliphatic rings. The fraction of sp³-hybridized carbons (Fsp3) is 0.200. The summed E-state index contributed by atoms with van der Waals surface area (Å²) < 4.78 is 40.5. The minimum absolute atomic E-state index is 0.132. The number of nitrogens with zero attached hydrogens (tertiary/aromatic N) is 3. The Morgan fingerprint density at radius 2 is 1.82 bits per heavy atom. The topological polar surface area (TPSA) is 56.7 Å². The van der Waals surface area contributed by atoms with Gasteiger partial charge in [0.05, 0.1) is 12.7 Å². The molecule has 17 heavy (non-hydrogen) atoms. The van der Waals surface area contributed by atoms with Crippen LogP contribution in [0.4, 0.5) is 13.2 Å². The molecule has 2 rings (SSSR count). The minimum Gasteiger partial charge on any atom is -0.329 e. The number of rotatable bonds is 3. The number of hydrogen-bond donors (Lipinski definition) is 1. The maximum Gasteiger partial charge on any atom is 0.161 e. The van der Waals surface area contributed by atoms with Crippen LogP contribution in [-0.2, 0) is 6.54 Å². The summed E-state index contributed by atoms with van der Waals surface area (Å²) in [7, 11) is 0. The van der Waals surface area contributed by atoms with Crippen LogP contribution in [0.3, 0.4) is 0 Å². The van der Waals surface area contributed by atoms with Crippen molar-refractivity contribution in [3.63, 3.8) is 0 Å². The lowest BCUT2D eigenvalue weighted by atomic mass is 10.1. The molecule has 0 spiro atoms. The molecule has 2 N–H and O–H groups in total. The van der Waals surface area contributed by atoms with Gasteiger partial charge < -0.3 is 5.73 Å². The van der Waals surface area contributed by atoms with Gasteiger partial charge in [0.15, 0.2) is 11.6 Å². The van der Waals surface area contributed by atoms with E-state index in [2.05, 4.69) is 10.3 Å². The first-order chi connectivity index (χ1) is 8.11. The van der Waals surface area contributed by atoms with E-state index in [-0.39, 0.29) is 11.3 Å². The summed E-state index contributed by atoms with van der Waals surface area (Å²) in [4.78, 5) is 0. The Bertz CT molecular complexity index is 538. The van der Waals surface area contributed by atoms with Crippen molar-refractivity contribution in [3.8, 4) is 11.3 Å². The second-order valence-corrected chi connectivity index (χ2v) is 3.40. The monoisotopic (exact) mass is 242 g/mol. The Hall–Kier alpha value is -1.89. The number of aromatic nitrogens is 3. The van der Waals surface area contributed by atoms with Gasteiger partial charge >= 0.3 is 0 Å². The molecule has 0 atom stereocenters. The van der Waals surface area contributed by atoms with Crippen LogP contribution in [0.5, 0.6) is 0 Å². The molecule has 0 saturated heterocycles. The summed E-state index contributed by atoms with van der Waals surface area (Å²) in [5, 5.41) is 7.34. The van der Waals surface area contributed by atoms with E-state index in [0.717, 1.165) is 6.07 Å². The van der Waals surface area contributed by atoms with Crippen molar-refractivity contribution in [2.24, 2.45) is 5.73 Å². The van der Waals surface area contributed by atoms with Gasteiger partial charge in [-0.1, -0.05) is 5.21 Å². The van der Waals surface area contributed by atoms with Crippen LogP contribution in [0.2, 0.25) is 0 Å². The van der Waals surface area contributed by atoms with E-state index in [1.54, 1.807) is 0 Å². The first-order valence-electron chi connectivity index (χ1n) is 4.87. The maximum absolute atomic E-state index is 13.4. The molecule has 2 aromatic rings. The standard InChI is InChI=1S/C10H9F3N4/c11-7-4-9(13)8(12)3-6(7)10-5-17(2-1-14)16-15-10/h3-5H,1-2,14H2. The predicted molar refractivity (Wildman–Crippen MR) is 54.4 cm³/mol. The van der Waals surface area contributed by atoms with E-state index in [9.17, 15) is 13.2 Å². The molecule has 0 aliphatic heterocycles. The summed E-state index contributed by atoms with van der Waals surface area (Å²) in [5.41, 5.74) is 5.31. The average molecular weight is 242 g/mol. The molecule has 1 aromatic heterocycles. The number of benzene rings is 1. The van der Waals surface area contributed by atoms with Crippen molar-refractivity contribution in [1.82, 2.24) is 15.0 Å². The summed E-state index contributed by atoms with van der Waals surface area (Å²) >= 11 is 0. The van der Waals surface area contributed by atoms with E-state index in [1.807, 2.05) is 0 Å². The fourth-order valence-electron chi connectivity index (χ4n) is 1.38. The fourth-order valence-corrected chi connectivity index (χ4v) is 1.38. The normalized spacial score (nSPS) is 10.8. The molecule has 4 nitrogen and oxygen atoms in total. The Balaban J connectivity index is 2.41. The molecule has 0 bridgehead atoms. The van der Waals surface area contributed by atoms with Gasteiger partial charge in [0.25, 0.3) is 0 Å². The Morgan fingerprint density at radius 1 is 1.12 bits per heavy atom. The first kappa shape index (κ1) is 11.6. The molecule has 0 amide bonds. The highest BCUT2D eigenvalue weighted by atomic mass is 19.2. The smallest absolute Gasteiger partial charge is 0.161 e.